The summed E-state index contributed by atoms with van der Waals surface area (Å²) in [6.07, 6.45) is 7.10. The highest BCUT2D eigenvalue weighted by atomic mass is 14.1. The van der Waals surface area contributed by atoms with Gasteiger partial charge >= 0.3 is 0 Å². The second-order valence-corrected chi connectivity index (χ2v) is 4.21. The van der Waals surface area contributed by atoms with Crippen LogP contribution in [0.3, 0.4) is 0 Å². The van der Waals surface area contributed by atoms with Crippen molar-refractivity contribution in [1.29, 1.82) is 0 Å². The van der Waals surface area contributed by atoms with Crippen molar-refractivity contribution < 1.29 is 0 Å². The molecule has 1 aliphatic rings. The molecule has 15 heavy (non-hydrogen) atoms. The molecule has 0 unspecified atom stereocenters. The molecule has 0 radical (unpaired) electrons. The van der Waals surface area contributed by atoms with Gasteiger partial charge < -0.3 is 0 Å². The van der Waals surface area contributed by atoms with Gasteiger partial charge in [-0.3, -0.25) is 0 Å². The number of rotatable bonds is 0. The quantitative estimate of drug-likeness (QED) is 0.604. The Morgan fingerprint density at radius 3 is 2.73 bits per heavy atom. The van der Waals surface area contributed by atoms with Gasteiger partial charge in [0.1, 0.15) is 0 Å². The van der Waals surface area contributed by atoms with Crippen LogP contribution < -0.4 is 10.4 Å². The maximum absolute atomic E-state index is 2.37. The van der Waals surface area contributed by atoms with Gasteiger partial charge in [-0.05, 0) is 52.6 Å². The van der Waals surface area contributed by atoms with Gasteiger partial charge in [0.15, 0.2) is 0 Å². The van der Waals surface area contributed by atoms with Crippen LogP contribution in [0.15, 0.2) is 30.3 Å². The van der Waals surface area contributed by atoms with E-state index in [0.29, 0.717) is 0 Å². The van der Waals surface area contributed by atoms with Crippen molar-refractivity contribution in [2.75, 3.05) is 0 Å². The summed E-state index contributed by atoms with van der Waals surface area (Å²) in [5, 5.41) is 5.61. The molecule has 0 atom stereocenters. The van der Waals surface area contributed by atoms with Crippen molar-refractivity contribution >= 4 is 22.9 Å². The summed E-state index contributed by atoms with van der Waals surface area (Å²) in [5.41, 5.74) is 1.43. The van der Waals surface area contributed by atoms with Gasteiger partial charge in [-0.1, -0.05) is 36.4 Å². The Kier molecular flexibility index (Phi) is 1.88. The minimum Gasteiger partial charge on any atom is -0.0763 e. The number of benzene rings is 2. The summed E-state index contributed by atoms with van der Waals surface area (Å²) in [4.78, 5) is 0. The second kappa shape index (κ2) is 3.23. The zero-order valence-corrected chi connectivity index (χ0v) is 8.96. The molecular formula is C15H14. The highest BCUT2D eigenvalue weighted by molar-refractivity contribution is 5.86. The van der Waals surface area contributed by atoms with Crippen LogP contribution >= 0.6 is 0 Å². The van der Waals surface area contributed by atoms with E-state index in [1.54, 1.807) is 0 Å². The van der Waals surface area contributed by atoms with Gasteiger partial charge in [0, 0.05) is 0 Å². The first-order valence-corrected chi connectivity index (χ1v) is 5.55. The fraction of sp³-hybridized carbons (Fsp3) is 0.200. The van der Waals surface area contributed by atoms with E-state index in [2.05, 4.69) is 49.4 Å². The molecule has 0 nitrogen and oxygen atoms in total. The van der Waals surface area contributed by atoms with E-state index < -0.39 is 0 Å². The zero-order valence-electron chi connectivity index (χ0n) is 8.96. The molecule has 1 aliphatic carbocycles. The van der Waals surface area contributed by atoms with Gasteiger partial charge in [-0.25, -0.2) is 0 Å². The van der Waals surface area contributed by atoms with Crippen LogP contribution in [0.4, 0.5) is 0 Å². The van der Waals surface area contributed by atoms with E-state index in [9.17, 15) is 0 Å². The average Bonchev–Trinajstić information content (AvgIpc) is 2.30. The van der Waals surface area contributed by atoms with Crippen molar-refractivity contribution in [2.24, 2.45) is 0 Å². The Morgan fingerprint density at radius 2 is 1.80 bits per heavy atom. The predicted molar refractivity (Wildman–Crippen MR) is 66.1 cm³/mol. The molecular weight excluding hydrogens is 180 g/mol. The molecule has 0 heterocycles. The van der Waals surface area contributed by atoms with Crippen LogP contribution in [0.1, 0.15) is 18.4 Å². The number of fused-ring (bicyclic) bond motifs is 2. The first-order chi connectivity index (χ1) is 7.36. The molecule has 0 saturated heterocycles. The van der Waals surface area contributed by atoms with Crippen molar-refractivity contribution in [3.8, 4) is 0 Å². The summed E-state index contributed by atoms with van der Waals surface area (Å²) in [5.74, 6) is 0. The van der Waals surface area contributed by atoms with Gasteiger partial charge in [0.25, 0.3) is 0 Å². The fourth-order valence-electron chi connectivity index (χ4n) is 2.48. The zero-order chi connectivity index (χ0) is 10.3. The van der Waals surface area contributed by atoms with Crippen LogP contribution in [0.2, 0.25) is 0 Å². The van der Waals surface area contributed by atoms with E-state index >= 15 is 0 Å². The van der Waals surface area contributed by atoms with Crippen LogP contribution in [-0.2, 0) is 0 Å². The molecule has 3 rings (SSSR count). The molecule has 0 amide bonds. The molecule has 0 heteroatoms. The van der Waals surface area contributed by atoms with Gasteiger partial charge in [-0.15, -0.1) is 0 Å². The first kappa shape index (κ1) is 8.72. The topological polar surface area (TPSA) is 0 Å². The summed E-state index contributed by atoms with van der Waals surface area (Å²) in [6.45, 7) is 2.23. The van der Waals surface area contributed by atoms with Gasteiger partial charge in [-0.2, -0.15) is 0 Å². The van der Waals surface area contributed by atoms with Gasteiger partial charge in [0.2, 0.25) is 0 Å². The van der Waals surface area contributed by atoms with Crippen molar-refractivity contribution in [1.82, 2.24) is 0 Å². The van der Waals surface area contributed by atoms with E-state index in [1.807, 2.05) is 0 Å². The molecule has 0 aliphatic heterocycles. The maximum atomic E-state index is 2.37. The summed E-state index contributed by atoms with van der Waals surface area (Å²) < 4.78 is 0. The largest absolute Gasteiger partial charge is 0.0763 e. The van der Waals surface area contributed by atoms with Crippen molar-refractivity contribution in [3.05, 3.63) is 46.3 Å². The van der Waals surface area contributed by atoms with E-state index in [4.69, 9.17) is 0 Å². The third-order valence-corrected chi connectivity index (χ3v) is 3.27. The Morgan fingerprint density at radius 1 is 1.00 bits per heavy atom. The third kappa shape index (κ3) is 1.29. The van der Waals surface area contributed by atoms with Crippen molar-refractivity contribution in [3.63, 3.8) is 0 Å². The first-order valence-electron chi connectivity index (χ1n) is 5.55. The average molecular weight is 194 g/mol. The lowest BCUT2D eigenvalue weighted by atomic mass is 9.98. The molecule has 0 bridgehead atoms. The fourth-order valence-corrected chi connectivity index (χ4v) is 2.48. The standard InChI is InChI=1S/C15H14/c1-11-14-8-4-2-6-12(14)10-13-7-3-5-9-15(11)13/h2,4,6-10H,3,5H2,1H3. The molecule has 0 saturated carbocycles. The monoisotopic (exact) mass is 194 g/mol. The van der Waals surface area contributed by atoms with Crippen molar-refractivity contribution in [2.45, 2.75) is 19.8 Å². The molecule has 2 aromatic rings. The lowest BCUT2D eigenvalue weighted by molar-refractivity contribution is 1.11. The molecule has 74 valence electrons. The van der Waals surface area contributed by atoms with E-state index in [0.717, 1.165) is 0 Å². The normalized spacial score (nSPS) is 14.2. The SMILES string of the molecule is Cc1c2c(cc3ccccc13)=CCCC=2. The van der Waals surface area contributed by atoms with Crippen LogP contribution in [0, 0.1) is 6.92 Å². The Labute approximate surface area is 89.6 Å². The predicted octanol–water partition coefficient (Wildman–Crippen LogP) is 2.50. The summed E-state index contributed by atoms with van der Waals surface area (Å²) >= 11 is 0. The lowest BCUT2D eigenvalue weighted by Gasteiger charge is -2.07. The van der Waals surface area contributed by atoms with E-state index in [1.165, 1.54) is 39.6 Å². The highest BCUT2D eigenvalue weighted by Crippen LogP contribution is 2.13. The number of hydrogen-bond acceptors (Lipinski definition) is 0. The van der Waals surface area contributed by atoms with Crippen LogP contribution in [0.25, 0.3) is 22.9 Å². The Balaban J connectivity index is 2.59. The Hall–Kier alpha value is -1.56. The van der Waals surface area contributed by atoms with E-state index in [-0.39, 0.29) is 0 Å². The minimum absolute atomic E-state index is 1.19. The third-order valence-electron chi connectivity index (χ3n) is 3.27. The molecule has 0 aromatic heterocycles. The molecule has 2 aromatic carbocycles. The maximum Gasteiger partial charge on any atom is -0.0148 e. The highest BCUT2D eigenvalue weighted by Gasteiger charge is 2.01. The summed E-state index contributed by atoms with van der Waals surface area (Å²) in [6, 6.07) is 11.0. The minimum atomic E-state index is 1.19. The second-order valence-electron chi connectivity index (χ2n) is 4.21. The lowest BCUT2D eigenvalue weighted by Crippen LogP contribution is -2.29. The molecule has 0 spiro atoms. The number of hydrogen-bond donors (Lipinski definition) is 0. The molecule has 0 fully saturated rings. The van der Waals surface area contributed by atoms with Gasteiger partial charge in [0.05, 0.1) is 0 Å². The van der Waals surface area contributed by atoms with Crippen LogP contribution in [-0.4, -0.2) is 0 Å². The number of aryl methyl sites for hydroxylation is 1. The Bertz CT molecular complexity index is 633. The summed E-state index contributed by atoms with van der Waals surface area (Å²) in [7, 11) is 0. The smallest absolute Gasteiger partial charge is 0.0148 e. The van der Waals surface area contributed by atoms with Crippen LogP contribution in [0.5, 0.6) is 0 Å². The molecule has 0 N–H and O–H groups in total.